The maximum absolute atomic E-state index is 13.3. The summed E-state index contributed by atoms with van der Waals surface area (Å²) in [6.07, 6.45) is 1.81. The molecular weight excluding hydrogens is 372 g/mol. The molecule has 0 radical (unpaired) electrons. The lowest BCUT2D eigenvalue weighted by Crippen LogP contribution is -2.44. The van der Waals surface area contributed by atoms with Gasteiger partial charge >= 0.3 is 0 Å². The third kappa shape index (κ3) is 3.78. The summed E-state index contributed by atoms with van der Waals surface area (Å²) in [5.74, 6) is 0.0328. The summed E-state index contributed by atoms with van der Waals surface area (Å²) in [5, 5.41) is 2.91. The zero-order valence-corrected chi connectivity index (χ0v) is 17.7. The topological polar surface area (TPSA) is 66.5 Å². The van der Waals surface area contributed by atoms with Crippen LogP contribution in [-0.2, 0) is 14.8 Å². The Morgan fingerprint density at radius 2 is 1.79 bits per heavy atom. The molecule has 0 saturated carbocycles. The van der Waals surface area contributed by atoms with E-state index in [4.69, 9.17) is 0 Å². The molecule has 2 aromatic carbocycles. The van der Waals surface area contributed by atoms with Crippen LogP contribution in [0.4, 0.5) is 5.69 Å². The minimum Gasteiger partial charge on any atom is -0.352 e. The quantitative estimate of drug-likeness (QED) is 0.786. The first-order valence-electron chi connectivity index (χ1n) is 9.81. The van der Waals surface area contributed by atoms with E-state index in [1.54, 1.807) is 12.1 Å². The average Bonchev–Trinajstić information content (AvgIpc) is 2.65. The Balaban J connectivity index is 2.06. The standard InChI is InChI=1S/C22H28N2O3S/c1-5-8-16(4)23-22(25)14-24-20-12-11-17(15(2)3)13-19(20)18-9-6-7-10-21(18)28(24,26)27/h6-7,9-13,15-16H,5,8,14H2,1-4H3,(H,23,25)/t16-/m1/s1. The summed E-state index contributed by atoms with van der Waals surface area (Å²) in [4.78, 5) is 12.8. The number of fused-ring (bicyclic) bond motifs is 3. The van der Waals surface area contributed by atoms with Crippen molar-refractivity contribution in [2.75, 3.05) is 10.8 Å². The Morgan fingerprint density at radius 3 is 2.46 bits per heavy atom. The predicted molar refractivity (Wildman–Crippen MR) is 113 cm³/mol. The first kappa shape index (κ1) is 20.4. The van der Waals surface area contributed by atoms with Crippen LogP contribution in [0, 0.1) is 0 Å². The third-order valence-electron chi connectivity index (χ3n) is 5.12. The van der Waals surface area contributed by atoms with Crippen molar-refractivity contribution < 1.29 is 13.2 Å². The lowest BCUT2D eigenvalue weighted by atomic mass is 9.95. The van der Waals surface area contributed by atoms with Gasteiger partial charge in [0.15, 0.2) is 0 Å². The zero-order valence-electron chi connectivity index (χ0n) is 16.9. The van der Waals surface area contributed by atoms with Gasteiger partial charge in [-0.15, -0.1) is 0 Å². The molecule has 3 rings (SSSR count). The molecule has 1 atom stereocenters. The predicted octanol–water partition coefficient (Wildman–Crippen LogP) is 4.29. The van der Waals surface area contributed by atoms with Gasteiger partial charge in [-0.05, 0) is 43.0 Å². The Kier molecular flexibility index (Phi) is 5.79. The molecule has 0 spiro atoms. The van der Waals surface area contributed by atoms with Gasteiger partial charge in [0.25, 0.3) is 10.0 Å². The normalized spacial score (nSPS) is 15.7. The number of anilines is 1. The largest absolute Gasteiger partial charge is 0.352 e. The van der Waals surface area contributed by atoms with Crippen LogP contribution in [0.5, 0.6) is 0 Å². The second-order valence-corrected chi connectivity index (χ2v) is 9.53. The van der Waals surface area contributed by atoms with Gasteiger partial charge in [-0.2, -0.15) is 0 Å². The molecule has 0 bridgehead atoms. The Morgan fingerprint density at radius 1 is 1.07 bits per heavy atom. The molecule has 0 saturated heterocycles. The number of carbonyl (C=O) groups excluding carboxylic acids is 1. The monoisotopic (exact) mass is 400 g/mol. The fraction of sp³-hybridized carbons (Fsp3) is 0.409. The van der Waals surface area contributed by atoms with Crippen molar-refractivity contribution >= 4 is 21.6 Å². The fourth-order valence-corrected chi connectivity index (χ4v) is 5.28. The van der Waals surface area contributed by atoms with Crippen LogP contribution in [0.25, 0.3) is 11.1 Å². The van der Waals surface area contributed by atoms with Crippen molar-refractivity contribution in [2.24, 2.45) is 0 Å². The van der Waals surface area contributed by atoms with Gasteiger partial charge in [-0.3, -0.25) is 9.10 Å². The number of hydrogen-bond donors (Lipinski definition) is 1. The molecule has 2 aromatic rings. The molecule has 1 heterocycles. The molecule has 1 aliphatic rings. The number of sulfonamides is 1. The molecule has 1 N–H and O–H groups in total. The number of amides is 1. The highest BCUT2D eigenvalue weighted by Gasteiger charge is 2.36. The lowest BCUT2D eigenvalue weighted by molar-refractivity contribution is -0.120. The number of rotatable bonds is 6. The first-order chi connectivity index (χ1) is 13.3. The summed E-state index contributed by atoms with van der Waals surface area (Å²) in [7, 11) is -3.80. The minimum absolute atomic E-state index is 0.0140. The highest BCUT2D eigenvalue weighted by atomic mass is 32.2. The summed E-state index contributed by atoms with van der Waals surface area (Å²) < 4.78 is 27.8. The van der Waals surface area contributed by atoms with Gasteiger partial charge in [0.1, 0.15) is 6.54 Å². The summed E-state index contributed by atoms with van der Waals surface area (Å²) in [6.45, 7) is 7.97. The van der Waals surface area contributed by atoms with Gasteiger partial charge in [0.05, 0.1) is 10.6 Å². The van der Waals surface area contributed by atoms with Crippen LogP contribution in [0.2, 0.25) is 0 Å². The molecule has 0 unspecified atom stereocenters. The Hall–Kier alpha value is -2.34. The van der Waals surface area contributed by atoms with Gasteiger partial charge < -0.3 is 5.32 Å². The molecule has 6 heteroatoms. The Labute approximate surface area is 167 Å². The molecule has 1 aliphatic heterocycles. The molecule has 150 valence electrons. The van der Waals surface area contributed by atoms with Crippen molar-refractivity contribution in [3.63, 3.8) is 0 Å². The van der Waals surface area contributed by atoms with Crippen molar-refractivity contribution in [3.05, 3.63) is 48.0 Å². The van der Waals surface area contributed by atoms with Crippen LogP contribution >= 0.6 is 0 Å². The number of nitrogens with zero attached hydrogens (tertiary/aromatic N) is 1. The fourth-order valence-electron chi connectivity index (χ4n) is 3.63. The van der Waals surface area contributed by atoms with Crippen molar-refractivity contribution in [1.82, 2.24) is 5.32 Å². The van der Waals surface area contributed by atoms with E-state index in [-0.39, 0.29) is 23.4 Å². The van der Waals surface area contributed by atoms with Gasteiger partial charge in [-0.1, -0.05) is 51.5 Å². The highest BCUT2D eigenvalue weighted by Crippen LogP contribution is 2.43. The lowest BCUT2D eigenvalue weighted by Gasteiger charge is -2.32. The van der Waals surface area contributed by atoms with E-state index in [0.717, 1.165) is 24.0 Å². The average molecular weight is 401 g/mol. The van der Waals surface area contributed by atoms with E-state index >= 15 is 0 Å². The maximum atomic E-state index is 13.3. The SMILES string of the molecule is CCC[C@@H](C)NC(=O)CN1c2ccc(C(C)C)cc2-c2ccccc2S1(=O)=O. The second kappa shape index (κ2) is 7.95. The van der Waals surface area contributed by atoms with Crippen molar-refractivity contribution in [3.8, 4) is 11.1 Å². The number of hydrogen-bond acceptors (Lipinski definition) is 3. The summed E-state index contributed by atoms with van der Waals surface area (Å²) >= 11 is 0. The molecule has 0 aromatic heterocycles. The van der Waals surface area contributed by atoms with E-state index in [1.165, 1.54) is 4.31 Å². The molecule has 0 aliphatic carbocycles. The Bertz CT molecular complexity index is 983. The van der Waals surface area contributed by atoms with Gasteiger partial charge in [0, 0.05) is 17.2 Å². The molecule has 28 heavy (non-hydrogen) atoms. The molecular formula is C22H28N2O3S. The third-order valence-corrected chi connectivity index (χ3v) is 6.94. The van der Waals surface area contributed by atoms with Crippen molar-refractivity contribution in [1.29, 1.82) is 0 Å². The van der Waals surface area contributed by atoms with Gasteiger partial charge in [-0.25, -0.2) is 8.42 Å². The smallest absolute Gasteiger partial charge is 0.265 e. The molecule has 5 nitrogen and oxygen atoms in total. The van der Waals surface area contributed by atoms with Crippen LogP contribution in [0.3, 0.4) is 0 Å². The summed E-state index contributed by atoms with van der Waals surface area (Å²) in [5.41, 5.74) is 3.23. The van der Waals surface area contributed by atoms with Crippen LogP contribution < -0.4 is 9.62 Å². The van der Waals surface area contributed by atoms with Crippen LogP contribution in [-0.4, -0.2) is 26.9 Å². The maximum Gasteiger partial charge on any atom is 0.265 e. The number of nitrogens with one attached hydrogen (secondary N) is 1. The first-order valence-corrected chi connectivity index (χ1v) is 11.2. The van der Waals surface area contributed by atoms with Crippen LogP contribution in [0.1, 0.15) is 52.0 Å². The number of benzene rings is 2. The van der Waals surface area contributed by atoms with E-state index in [1.807, 2.05) is 37.3 Å². The van der Waals surface area contributed by atoms with Crippen LogP contribution in [0.15, 0.2) is 47.4 Å². The minimum atomic E-state index is -3.80. The second-order valence-electron chi connectivity index (χ2n) is 7.70. The van der Waals surface area contributed by atoms with E-state index < -0.39 is 10.0 Å². The number of carbonyl (C=O) groups is 1. The molecule has 1 amide bonds. The zero-order chi connectivity index (χ0) is 20.5. The van der Waals surface area contributed by atoms with E-state index in [9.17, 15) is 13.2 Å². The summed E-state index contributed by atoms with van der Waals surface area (Å²) in [6, 6.07) is 12.8. The van der Waals surface area contributed by atoms with Crippen molar-refractivity contribution in [2.45, 2.75) is 57.4 Å². The molecule has 0 fully saturated rings. The van der Waals surface area contributed by atoms with E-state index in [0.29, 0.717) is 17.2 Å². The van der Waals surface area contributed by atoms with Gasteiger partial charge in [0.2, 0.25) is 5.91 Å². The highest BCUT2D eigenvalue weighted by molar-refractivity contribution is 7.93. The van der Waals surface area contributed by atoms with E-state index in [2.05, 4.69) is 26.1 Å².